The van der Waals surface area contributed by atoms with Crippen LogP contribution in [0.1, 0.15) is 10.5 Å². The molecule has 0 spiro atoms. The van der Waals surface area contributed by atoms with Gasteiger partial charge in [0.15, 0.2) is 0 Å². The van der Waals surface area contributed by atoms with E-state index in [1.54, 1.807) is 29.6 Å². The summed E-state index contributed by atoms with van der Waals surface area (Å²) < 4.78 is 1.67. The molecule has 1 aromatic rings. The van der Waals surface area contributed by atoms with Crippen LogP contribution in [-0.4, -0.2) is 55.5 Å². The maximum atomic E-state index is 12.1. The molecule has 1 N–H and O–H groups in total. The number of thioether (sulfide) groups is 1. The van der Waals surface area contributed by atoms with Crippen molar-refractivity contribution in [2.45, 2.75) is 6.04 Å². The number of aryl methyl sites for hydroxylation is 1. The molecule has 1 aliphatic rings. The lowest BCUT2D eigenvalue weighted by molar-refractivity contribution is -0.141. The highest BCUT2D eigenvalue weighted by atomic mass is 32.2. The Balaban J connectivity index is 2.19. The monoisotopic (exact) mass is 255 g/mol. The number of amides is 1. The fourth-order valence-corrected chi connectivity index (χ4v) is 2.76. The molecule has 7 heteroatoms. The van der Waals surface area contributed by atoms with Crippen LogP contribution in [0.2, 0.25) is 0 Å². The number of hydrogen-bond acceptors (Lipinski definition) is 4. The number of carbonyl (C=O) groups is 2. The Hall–Kier alpha value is -1.50. The normalized spacial score (nSPS) is 20.3. The summed E-state index contributed by atoms with van der Waals surface area (Å²) in [6.45, 7) is 0.455. The first-order valence-electron chi connectivity index (χ1n) is 5.19. The molecule has 0 aromatic carbocycles. The van der Waals surface area contributed by atoms with Gasteiger partial charge in [0.05, 0.1) is 6.33 Å². The van der Waals surface area contributed by atoms with Gasteiger partial charge in [-0.3, -0.25) is 4.79 Å². The van der Waals surface area contributed by atoms with Gasteiger partial charge in [-0.15, -0.1) is 0 Å². The van der Waals surface area contributed by atoms with Crippen LogP contribution in [0.3, 0.4) is 0 Å². The van der Waals surface area contributed by atoms with Crippen molar-refractivity contribution in [2.75, 3.05) is 18.1 Å². The average molecular weight is 255 g/mol. The molecule has 1 saturated heterocycles. The molecule has 0 radical (unpaired) electrons. The highest BCUT2D eigenvalue weighted by molar-refractivity contribution is 7.99. The van der Waals surface area contributed by atoms with Crippen molar-refractivity contribution in [2.24, 2.45) is 7.05 Å². The van der Waals surface area contributed by atoms with Gasteiger partial charge >= 0.3 is 5.97 Å². The average Bonchev–Trinajstić information content (AvgIpc) is 2.75. The minimum absolute atomic E-state index is 0.297. The highest BCUT2D eigenvalue weighted by Crippen LogP contribution is 2.18. The summed E-state index contributed by atoms with van der Waals surface area (Å²) in [5.41, 5.74) is 0.297. The van der Waals surface area contributed by atoms with E-state index in [2.05, 4.69) is 4.98 Å². The Bertz CT molecular complexity index is 446. The van der Waals surface area contributed by atoms with Crippen molar-refractivity contribution in [3.05, 3.63) is 18.2 Å². The predicted octanol–water partition coefficient (Wildman–Crippen LogP) is 0.0623. The number of carboxylic acids is 1. The number of imidazole rings is 1. The van der Waals surface area contributed by atoms with Gasteiger partial charge in [-0.1, -0.05) is 0 Å². The second kappa shape index (κ2) is 4.79. The number of carboxylic acid groups (broad SMARTS) is 1. The molecule has 0 bridgehead atoms. The van der Waals surface area contributed by atoms with Gasteiger partial charge in [-0.25, -0.2) is 9.78 Å². The molecular weight excluding hydrogens is 242 g/mol. The van der Waals surface area contributed by atoms with E-state index >= 15 is 0 Å². The van der Waals surface area contributed by atoms with Gasteiger partial charge in [0, 0.05) is 31.3 Å². The Morgan fingerprint density at radius 2 is 2.35 bits per heavy atom. The van der Waals surface area contributed by atoms with E-state index in [0.29, 0.717) is 18.0 Å². The molecule has 2 rings (SSSR count). The summed E-state index contributed by atoms with van der Waals surface area (Å²) in [6, 6.07) is -0.747. The third-order valence-corrected chi connectivity index (χ3v) is 3.62. The van der Waals surface area contributed by atoms with Crippen LogP contribution in [0.5, 0.6) is 0 Å². The molecular formula is C10H13N3O3S. The first kappa shape index (κ1) is 12.0. The van der Waals surface area contributed by atoms with E-state index in [1.807, 2.05) is 0 Å². The van der Waals surface area contributed by atoms with Crippen LogP contribution in [-0.2, 0) is 11.8 Å². The quantitative estimate of drug-likeness (QED) is 0.809. The van der Waals surface area contributed by atoms with Crippen LogP contribution in [0, 0.1) is 0 Å². The van der Waals surface area contributed by atoms with E-state index in [-0.39, 0.29) is 5.91 Å². The third kappa shape index (κ3) is 2.44. The van der Waals surface area contributed by atoms with Crippen molar-refractivity contribution in [1.29, 1.82) is 0 Å². The summed E-state index contributed by atoms with van der Waals surface area (Å²) in [4.78, 5) is 28.5. The van der Waals surface area contributed by atoms with Gasteiger partial charge in [0.2, 0.25) is 0 Å². The van der Waals surface area contributed by atoms with E-state index in [4.69, 9.17) is 5.11 Å². The Labute approximate surface area is 103 Å². The first-order valence-corrected chi connectivity index (χ1v) is 6.34. The van der Waals surface area contributed by atoms with Crippen LogP contribution in [0.4, 0.5) is 0 Å². The summed E-state index contributed by atoms with van der Waals surface area (Å²) in [7, 11) is 1.77. The zero-order valence-corrected chi connectivity index (χ0v) is 10.2. The van der Waals surface area contributed by atoms with Crippen molar-refractivity contribution in [3.63, 3.8) is 0 Å². The molecule has 17 heavy (non-hydrogen) atoms. The van der Waals surface area contributed by atoms with Gasteiger partial charge in [0.25, 0.3) is 5.91 Å². The number of carbonyl (C=O) groups excluding carboxylic acids is 1. The van der Waals surface area contributed by atoms with Gasteiger partial charge in [-0.2, -0.15) is 11.8 Å². The van der Waals surface area contributed by atoms with E-state index < -0.39 is 12.0 Å². The number of aliphatic carboxylic acids is 1. The van der Waals surface area contributed by atoms with Crippen LogP contribution >= 0.6 is 11.8 Å². The third-order valence-electron chi connectivity index (χ3n) is 2.60. The Kier molecular flexibility index (Phi) is 3.37. The smallest absolute Gasteiger partial charge is 0.327 e. The van der Waals surface area contributed by atoms with Gasteiger partial charge in [0.1, 0.15) is 11.7 Å². The molecule has 1 unspecified atom stereocenters. The summed E-state index contributed by atoms with van der Waals surface area (Å²) >= 11 is 1.55. The number of rotatable bonds is 2. The zero-order chi connectivity index (χ0) is 12.4. The standard InChI is InChI=1S/C10H13N3O3S/c1-12-4-7(11-6-12)9(14)13-2-3-17-5-8(13)10(15)16/h4,6,8H,2-3,5H2,1H3,(H,15,16). The van der Waals surface area contributed by atoms with Crippen LogP contribution in [0.15, 0.2) is 12.5 Å². The number of hydrogen-bond donors (Lipinski definition) is 1. The molecule has 92 valence electrons. The lowest BCUT2D eigenvalue weighted by Crippen LogP contribution is -2.50. The maximum absolute atomic E-state index is 12.1. The first-order chi connectivity index (χ1) is 8.09. The largest absolute Gasteiger partial charge is 0.480 e. The molecule has 6 nitrogen and oxygen atoms in total. The Morgan fingerprint density at radius 3 is 2.94 bits per heavy atom. The second-order valence-electron chi connectivity index (χ2n) is 3.85. The minimum atomic E-state index is -0.957. The SMILES string of the molecule is Cn1cnc(C(=O)N2CCSCC2C(=O)O)c1. The van der Waals surface area contributed by atoms with E-state index in [1.165, 1.54) is 11.2 Å². The summed E-state index contributed by atoms with van der Waals surface area (Å²) in [5, 5.41) is 9.08. The van der Waals surface area contributed by atoms with E-state index in [0.717, 1.165) is 5.75 Å². The lowest BCUT2D eigenvalue weighted by atomic mass is 10.2. The fourth-order valence-electron chi connectivity index (χ4n) is 1.72. The number of aromatic nitrogens is 2. The van der Waals surface area contributed by atoms with Gasteiger partial charge in [-0.05, 0) is 0 Å². The maximum Gasteiger partial charge on any atom is 0.327 e. The molecule has 2 heterocycles. The molecule has 0 saturated carbocycles. The van der Waals surface area contributed by atoms with Crippen LogP contribution in [0.25, 0.3) is 0 Å². The number of nitrogens with zero attached hydrogens (tertiary/aromatic N) is 3. The van der Waals surface area contributed by atoms with Crippen LogP contribution < -0.4 is 0 Å². The highest BCUT2D eigenvalue weighted by Gasteiger charge is 2.33. The van der Waals surface area contributed by atoms with Crippen molar-refractivity contribution < 1.29 is 14.7 Å². The molecule has 1 atom stereocenters. The molecule has 1 aliphatic heterocycles. The minimum Gasteiger partial charge on any atom is -0.480 e. The van der Waals surface area contributed by atoms with Crippen molar-refractivity contribution in [3.8, 4) is 0 Å². The Morgan fingerprint density at radius 1 is 1.59 bits per heavy atom. The second-order valence-corrected chi connectivity index (χ2v) is 5.00. The van der Waals surface area contributed by atoms with E-state index in [9.17, 15) is 9.59 Å². The molecule has 1 aromatic heterocycles. The zero-order valence-electron chi connectivity index (χ0n) is 9.37. The fraction of sp³-hybridized carbons (Fsp3) is 0.500. The topological polar surface area (TPSA) is 75.4 Å². The molecule has 0 aliphatic carbocycles. The lowest BCUT2D eigenvalue weighted by Gasteiger charge is -2.31. The predicted molar refractivity (Wildman–Crippen MR) is 63.0 cm³/mol. The molecule has 1 fully saturated rings. The summed E-state index contributed by atoms with van der Waals surface area (Å²) in [6.07, 6.45) is 3.13. The van der Waals surface area contributed by atoms with Crippen molar-refractivity contribution in [1.82, 2.24) is 14.5 Å². The van der Waals surface area contributed by atoms with Crippen molar-refractivity contribution >= 4 is 23.6 Å². The summed E-state index contributed by atoms with van der Waals surface area (Å²) in [5.74, 6) is -0.0595. The molecule has 1 amide bonds. The van der Waals surface area contributed by atoms with Gasteiger partial charge < -0.3 is 14.6 Å².